The fourth-order valence-electron chi connectivity index (χ4n) is 4.06. The van der Waals surface area contributed by atoms with Crippen molar-refractivity contribution in [3.8, 4) is 0 Å². The molecule has 170 valence electrons. The minimum absolute atomic E-state index is 0.0775. The lowest BCUT2D eigenvalue weighted by Gasteiger charge is -2.31. The molecule has 0 saturated carbocycles. The SMILES string of the molecule is CC(C)N(C(=O)Cn1c(CCCNC(=O)c2cccc(Cl)c2)nc2ccccc21)C(C)C. The Bertz CT molecular complexity index is 1080. The zero-order valence-electron chi connectivity index (χ0n) is 19.1. The number of hydrogen-bond acceptors (Lipinski definition) is 3. The van der Waals surface area contributed by atoms with Gasteiger partial charge in [-0.15, -0.1) is 0 Å². The fourth-order valence-corrected chi connectivity index (χ4v) is 4.25. The first-order valence-electron chi connectivity index (χ1n) is 11.1. The second-order valence-electron chi connectivity index (χ2n) is 8.46. The summed E-state index contributed by atoms with van der Waals surface area (Å²) in [5.74, 6) is 0.776. The summed E-state index contributed by atoms with van der Waals surface area (Å²) < 4.78 is 2.01. The van der Waals surface area contributed by atoms with E-state index in [2.05, 4.69) is 5.32 Å². The van der Waals surface area contributed by atoms with Crippen LogP contribution in [0.1, 0.15) is 50.3 Å². The van der Waals surface area contributed by atoms with Crippen LogP contribution >= 0.6 is 11.6 Å². The van der Waals surface area contributed by atoms with E-state index in [1.807, 2.05) is 61.4 Å². The zero-order valence-corrected chi connectivity index (χ0v) is 19.9. The molecular weight excluding hydrogens is 424 g/mol. The van der Waals surface area contributed by atoms with Gasteiger partial charge in [0.05, 0.1) is 11.0 Å². The number of para-hydroxylation sites is 2. The molecule has 0 atom stereocenters. The molecule has 2 aromatic carbocycles. The number of amides is 2. The van der Waals surface area contributed by atoms with Crippen LogP contribution in [-0.4, -0.2) is 44.9 Å². The number of nitrogens with one attached hydrogen (secondary N) is 1. The molecule has 0 saturated heterocycles. The Labute approximate surface area is 194 Å². The zero-order chi connectivity index (χ0) is 23.3. The number of hydrogen-bond donors (Lipinski definition) is 1. The quantitative estimate of drug-likeness (QED) is 0.476. The highest BCUT2D eigenvalue weighted by Gasteiger charge is 2.22. The van der Waals surface area contributed by atoms with E-state index < -0.39 is 0 Å². The van der Waals surface area contributed by atoms with Crippen LogP contribution in [0.3, 0.4) is 0 Å². The Morgan fingerprint density at radius 2 is 1.78 bits per heavy atom. The standard InChI is InChI=1S/C25H31ClN4O2/c1-17(2)30(18(3)4)24(31)16-29-22-12-6-5-11-21(22)28-23(29)13-8-14-27-25(32)19-9-7-10-20(26)15-19/h5-7,9-12,15,17-18H,8,13-14,16H2,1-4H3,(H,27,32). The first-order valence-corrected chi connectivity index (χ1v) is 11.4. The van der Waals surface area contributed by atoms with Crippen molar-refractivity contribution in [1.82, 2.24) is 19.8 Å². The van der Waals surface area contributed by atoms with Gasteiger partial charge in [0.2, 0.25) is 5.91 Å². The summed E-state index contributed by atoms with van der Waals surface area (Å²) in [5, 5.41) is 3.46. The predicted molar refractivity (Wildman–Crippen MR) is 129 cm³/mol. The van der Waals surface area contributed by atoms with Gasteiger partial charge < -0.3 is 14.8 Å². The fraction of sp³-hybridized carbons (Fsp3) is 0.400. The minimum Gasteiger partial charge on any atom is -0.352 e. The molecule has 0 unspecified atom stereocenters. The van der Waals surface area contributed by atoms with E-state index in [-0.39, 0.29) is 30.4 Å². The Balaban J connectivity index is 1.70. The van der Waals surface area contributed by atoms with Gasteiger partial charge >= 0.3 is 0 Å². The van der Waals surface area contributed by atoms with Gasteiger partial charge in [0.15, 0.2) is 0 Å². The highest BCUT2D eigenvalue weighted by atomic mass is 35.5. The highest BCUT2D eigenvalue weighted by Crippen LogP contribution is 2.19. The van der Waals surface area contributed by atoms with Gasteiger partial charge in [-0.1, -0.05) is 29.8 Å². The van der Waals surface area contributed by atoms with Crippen molar-refractivity contribution >= 4 is 34.4 Å². The van der Waals surface area contributed by atoms with E-state index >= 15 is 0 Å². The van der Waals surface area contributed by atoms with E-state index in [0.29, 0.717) is 30.0 Å². The monoisotopic (exact) mass is 454 g/mol. The Hall–Kier alpha value is -2.86. The first kappa shape index (κ1) is 23.8. The van der Waals surface area contributed by atoms with Gasteiger partial charge in [-0.25, -0.2) is 4.98 Å². The highest BCUT2D eigenvalue weighted by molar-refractivity contribution is 6.30. The summed E-state index contributed by atoms with van der Waals surface area (Å²) in [4.78, 5) is 32.1. The molecule has 32 heavy (non-hydrogen) atoms. The van der Waals surface area contributed by atoms with E-state index in [1.165, 1.54) is 0 Å². The third kappa shape index (κ3) is 5.68. The average Bonchev–Trinajstić information content (AvgIpc) is 3.07. The van der Waals surface area contributed by atoms with E-state index in [1.54, 1.807) is 24.3 Å². The lowest BCUT2D eigenvalue weighted by Crippen LogP contribution is -2.43. The van der Waals surface area contributed by atoms with E-state index in [9.17, 15) is 9.59 Å². The maximum absolute atomic E-state index is 13.1. The van der Waals surface area contributed by atoms with Crippen LogP contribution < -0.4 is 5.32 Å². The normalized spacial score (nSPS) is 11.3. The Morgan fingerprint density at radius 3 is 2.47 bits per heavy atom. The Kier molecular flexibility index (Phi) is 7.91. The molecule has 1 aromatic heterocycles. The minimum atomic E-state index is -0.152. The summed E-state index contributed by atoms with van der Waals surface area (Å²) in [6.07, 6.45) is 1.36. The van der Waals surface area contributed by atoms with Crippen molar-refractivity contribution in [2.45, 2.75) is 59.2 Å². The number of rotatable bonds is 9. The first-order chi connectivity index (χ1) is 15.3. The lowest BCUT2D eigenvalue weighted by molar-refractivity contribution is -0.135. The van der Waals surface area contributed by atoms with Gasteiger partial charge in [0.25, 0.3) is 5.91 Å². The molecule has 1 heterocycles. The van der Waals surface area contributed by atoms with Gasteiger partial charge in [-0.05, 0) is 64.4 Å². The van der Waals surface area contributed by atoms with Crippen molar-refractivity contribution in [2.24, 2.45) is 0 Å². The van der Waals surface area contributed by atoms with Crippen LogP contribution in [0, 0.1) is 0 Å². The molecular formula is C25H31ClN4O2. The average molecular weight is 455 g/mol. The topological polar surface area (TPSA) is 67.2 Å². The van der Waals surface area contributed by atoms with Crippen molar-refractivity contribution < 1.29 is 9.59 Å². The van der Waals surface area contributed by atoms with Crippen LogP contribution in [0.5, 0.6) is 0 Å². The molecule has 0 spiro atoms. The lowest BCUT2D eigenvalue weighted by atomic mass is 10.2. The van der Waals surface area contributed by atoms with Crippen molar-refractivity contribution in [3.63, 3.8) is 0 Å². The number of carbonyl (C=O) groups is 2. The van der Waals surface area contributed by atoms with Gasteiger partial charge in [-0.3, -0.25) is 9.59 Å². The van der Waals surface area contributed by atoms with Crippen LogP contribution in [0.15, 0.2) is 48.5 Å². The molecule has 0 aliphatic rings. The molecule has 0 aliphatic carbocycles. The third-order valence-corrected chi connectivity index (χ3v) is 5.61. The molecule has 3 aromatic rings. The molecule has 6 nitrogen and oxygen atoms in total. The second-order valence-corrected chi connectivity index (χ2v) is 8.90. The third-order valence-electron chi connectivity index (χ3n) is 5.38. The summed E-state index contributed by atoms with van der Waals surface area (Å²) in [5.41, 5.74) is 2.36. The second kappa shape index (κ2) is 10.6. The smallest absolute Gasteiger partial charge is 0.251 e. The summed E-state index contributed by atoms with van der Waals surface area (Å²) >= 11 is 5.97. The number of imidazole rings is 1. The molecule has 0 fully saturated rings. The van der Waals surface area contributed by atoms with Gasteiger partial charge in [0, 0.05) is 35.6 Å². The number of benzene rings is 2. The van der Waals surface area contributed by atoms with Crippen molar-refractivity contribution in [2.75, 3.05) is 6.54 Å². The summed E-state index contributed by atoms with van der Waals surface area (Å²) in [6.45, 7) is 8.90. The number of nitrogens with zero attached hydrogens (tertiary/aromatic N) is 3. The molecule has 0 radical (unpaired) electrons. The van der Waals surface area contributed by atoms with Crippen molar-refractivity contribution in [1.29, 1.82) is 0 Å². The molecule has 0 aliphatic heterocycles. The summed E-state index contributed by atoms with van der Waals surface area (Å²) in [6, 6.07) is 15.0. The largest absolute Gasteiger partial charge is 0.352 e. The molecule has 0 bridgehead atoms. The number of carbonyl (C=O) groups excluding carboxylic acids is 2. The molecule has 1 N–H and O–H groups in total. The van der Waals surface area contributed by atoms with Crippen LogP contribution in [0.4, 0.5) is 0 Å². The predicted octanol–water partition coefficient (Wildman–Crippen LogP) is 4.70. The van der Waals surface area contributed by atoms with Gasteiger partial charge in [-0.2, -0.15) is 0 Å². The maximum atomic E-state index is 13.1. The van der Waals surface area contributed by atoms with E-state index in [0.717, 1.165) is 16.9 Å². The number of aromatic nitrogens is 2. The van der Waals surface area contributed by atoms with Crippen LogP contribution in [0.25, 0.3) is 11.0 Å². The number of halogens is 1. The summed E-state index contributed by atoms with van der Waals surface area (Å²) in [7, 11) is 0. The van der Waals surface area contributed by atoms with Crippen LogP contribution in [0.2, 0.25) is 5.02 Å². The Morgan fingerprint density at radius 1 is 1.06 bits per heavy atom. The van der Waals surface area contributed by atoms with Crippen LogP contribution in [-0.2, 0) is 17.8 Å². The van der Waals surface area contributed by atoms with Gasteiger partial charge in [0.1, 0.15) is 12.4 Å². The number of fused-ring (bicyclic) bond motifs is 1. The number of aryl methyl sites for hydroxylation is 1. The molecule has 7 heteroatoms. The van der Waals surface area contributed by atoms with Crippen molar-refractivity contribution in [3.05, 3.63) is 64.9 Å². The maximum Gasteiger partial charge on any atom is 0.251 e. The molecule has 2 amide bonds. The molecule has 3 rings (SSSR count). The van der Waals surface area contributed by atoms with E-state index in [4.69, 9.17) is 16.6 Å².